The molecule has 0 aliphatic heterocycles. The summed E-state index contributed by atoms with van der Waals surface area (Å²) in [6, 6.07) is 10.8. The summed E-state index contributed by atoms with van der Waals surface area (Å²) in [5, 5.41) is 5.81. The molecule has 2 unspecified atom stereocenters. The SMILES string of the molecule is CCCNC(=O)CNC(=O)C12CC3CC(C1)CC(c1ccccc1)(C3)C2. The molecule has 1 aromatic carbocycles. The predicted molar refractivity (Wildman–Crippen MR) is 102 cm³/mol. The highest BCUT2D eigenvalue weighted by molar-refractivity contribution is 5.88. The van der Waals surface area contributed by atoms with Gasteiger partial charge in [0.2, 0.25) is 11.8 Å². The fourth-order valence-corrected chi connectivity index (χ4v) is 6.33. The number of hydrogen-bond donors (Lipinski definition) is 2. The van der Waals surface area contributed by atoms with Crippen LogP contribution < -0.4 is 10.6 Å². The minimum atomic E-state index is -0.273. The van der Waals surface area contributed by atoms with Gasteiger partial charge in [-0.1, -0.05) is 37.3 Å². The van der Waals surface area contributed by atoms with E-state index in [-0.39, 0.29) is 29.2 Å². The van der Waals surface area contributed by atoms with Crippen molar-refractivity contribution >= 4 is 11.8 Å². The van der Waals surface area contributed by atoms with Crippen LogP contribution in [0.2, 0.25) is 0 Å². The second-order valence-corrected chi connectivity index (χ2v) is 8.92. The normalized spacial score (nSPS) is 34.5. The number of rotatable bonds is 6. The van der Waals surface area contributed by atoms with Crippen molar-refractivity contribution in [2.24, 2.45) is 17.3 Å². The zero-order valence-corrected chi connectivity index (χ0v) is 15.7. The van der Waals surface area contributed by atoms with Crippen LogP contribution in [0.4, 0.5) is 0 Å². The van der Waals surface area contributed by atoms with Crippen molar-refractivity contribution in [3.8, 4) is 0 Å². The molecule has 26 heavy (non-hydrogen) atoms. The Morgan fingerprint density at radius 3 is 2.38 bits per heavy atom. The largest absolute Gasteiger partial charge is 0.355 e. The topological polar surface area (TPSA) is 58.2 Å². The maximum Gasteiger partial charge on any atom is 0.239 e. The maximum absolute atomic E-state index is 13.2. The second-order valence-electron chi connectivity index (χ2n) is 8.92. The molecule has 2 atom stereocenters. The molecule has 4 saturated carbocycles. The van der Waals surface area contributed by atoms with E-state index >= 15 is 0 Å². The van der Waals surface area contributed by atoms with E-state index in [0.717, 1.165) is 25.7 Å². The maximum atomic E-state index is 13.2. The Bertz CT molecular complexity index is 671. The summed E-state index contributed by atoms with van der Waals surface area (Å²) in [6.45, 7) is 2.80. The molecule has 140 valence electrons. The third kappa shape index (κ3) is 3.04. The van der Waals surface area contributed by atoms with E-state index in [4.69, 9.17) is 0 Å². The van der Waals surface area contributed by atoms with Gasteiger partial charge in [0.05, 0.1) is 12.0 Å². The van der Waals surface area contributed by atoms with Gasteiger partial charge in [-0.05, 0) is 67.8 Å². The van der Waals surface area contributed by atoms with E-state index < -0.39 is 0 Å². The van der Waals surface area contributed by atoms with Crippen molar-refractivity contribution in [2.75, 3.05) is 13.1 Å². The molecular weight excluding hydrogens is 324 g/mol. The van der Waals surface area contributed by atoms with E-state index in [1.54, 1.807) is 0 Å². The van der Waals surface area contributed by atoms with Gasteiger partial charge < -0.3 is 10.6 Å². The van der Waals surface area contributed by atoms with E-state index in [1.807, 2.05) is 6.92 Å². The first kappa shape index (κ1) is 17.6. The molecule has 5 rings (SSSR count). The summed E-state index contributed by atoms with van der Waals surface area (Å²) in [5.74, 6) is 1.33. The van der Waals surface area contributed by atoms with Gasteiger partial charge in [-0.25, -0.2) is 0 Å². The summed E-state index contributed by atoms with van der Waals surface area (Å²) in [7, 11) is 0. The highest BCUT2D eigenvalue weighted by Gasteiger charge is 2.60. The summed E-state index contributed by atoms with van der Waals surface area (Å²) in [4.78, 5) is 25.0. The van der Waals surface area contributed by atoms with Crippen molar-refractivity contribution < 1.29 is 9.59 Å². The highest BCUT2D eigenvalue weighted by Crippen LogP contribution is 2.65. The Kier molecular flexibility index (Phi) is 4.54. The van der Waals surface area contributed by atoms with Crippen LogP contribution in [0.3, 0.4) is 0 Å². The van der Waals surface area contributed by atoms with Gasteiger partial charge in [0, 0.05) is 6.54 Å². The number of carbonyl (C=O) groups excluding carboxylic acids is 2. The molecule has 2 amide bonds. The monoisotopic (exact) mass is 354 g/mol. The molecule has 0 heterocycles. The van der Waals surface area contributed by atoms with Crippen molar-refractivity contribution in [1.82, 2.24) is 10.6 Å². The molecule has 2 N–H and O–H groups in total. The molecule has 4 nitrogen and oxygen atoms in total. The second kappa shape index (κ2) is 6.71. The van der Waals surface area contributed by atoms with Gasteiger partial charge in [-0.3, -0.25) is 9.59 Å². The average molecular weight is 354 g/mol. The Morgan fingerprint density at radius 1 is 1.04 bits per heavy atom. The first-order valence-corrected chi connectivity index (χ1v) is 10.2. The van der Waals surface area contributed by atoms with E-state index in [1.165, 1.54) is 24.8 Å². The quantitative estimate of drug-likeness (QED) is 0.824. The Hall–Kier alpha value is -1.84. The van der Waals surface area contributed by atoms with Crippen molar-refractivity contribution in [3.05, 3.63) is 35.9 Å². The first-order valence-electron chi connectivity index (χ1n) is 10.2. The van der Waals surface area contributed by atoms with Crippen LogP contribution in [-0.4, -0.2) is 24.9 Å². The average Bonchev–Trinajstić information content (AvgIpc) is 2.64. The minimum absolute atomic E-state index is 0.0808. The van der Waals surface area contributed by atoms with Gasteiger partial charge in [-0.2, -0.15) is 0 Å². The summed E-state index contributed by atoms with van der Waals surface area (Å²) in [6.07, 6.45) is 7.58. The molecular formula is C22H30N2O2. The molecule has 4 aliphatic carbocycles. The van der Waals surface area contributed by atoms with Gasteiger partial charge in [0.15, 0.2) is 0 Å². The number of amides is 2. The van der Waals surface area contributed by atoms with Crippen LogP contribution in [-0.2, 0) is 15.0 Å². The van der Waals surface area contributed by atoms with Crippen molar-refractivity contribution in [1.29, 1.82) is 0 Å². The van der Waals surface area contributed by atoms with Gasteiger partial charge in [0.25, 0.3) is 0 Å². The number of hydrogen-bond acceptors (Lipinski definition) is 2. The van der Waals surface area contributed by atoms with E-state index in [9.17, 15) is 9.59 Å². The van der Waals surface area contributed by atoms with Crippen LogP contribution in [0.15, 0.2) is 30.3 Å². The van der Waals surface area contributed by atoms with Crippen LogP contribution in [0, 0.1) is 17.3 Å². The molecule has 4 bridgehead atoms. The molecule has 0 spiro atoms. The Balaban J connectivity index is 1.51. The van der Waals surface area contributed by atoms with Gasteiger partial charge >= 0.3 is 0 Å². The lowest BCUT2D eigenvalue weighted by molar-refractivity contribution is -0.149. The smallest absolute Gasteiger partial charge is 0.239 e. The third-order valence-corrected chi connectivity index (χ3v) is 6.91. The molecule has 0 aromatic heterocycles. The van der Waals surface area contributed by atoms with E-state index in [0.29, 0.717) is 18.4 Å². The molecule has 4 heteroatoms. The molecule has 0 radical (unpaired) electrons. The highest BCUT2D eigenvalue weighted by atomic mass is 16.2. The Labute approximate surface area is 156 Å². The van der Waals surface area contributed by atoms with Crippen molar-refractivity contribution in [2.45, 2.75) is 57.3 Å². The Morgan fingerprint density at radius 2 is 1.73 bits per heavy atom. The lowest BCUT2D eigenvalue weighted by atomic mass is 9.42. The predicted octanol–water partition coefficient (Wildman–Crippen LogP) is 3.17. The zero-order valence-electron chi connectivity index (χ0n) is 15.7. The third-order valence-electron chi connectivity index (χ3n) is 6.91. The molecule has 0 saturated heterocycles. The minimum Gasteiger partial charge on any atom is -0.355 e. The van der Waals surface area contributed by atoms with Gasteiger partial charge in [0.1, 0.15) is 0 Å². The molecule has 4 aliphatic rings. The van der Waals surface area contributed by atoms with Crippen LogP contribution >= 0.6 is 0 Å². The number of benzene rings is 1. The van der Waals surface area contributed by atoms with Crippen LogP contribution in [0.5, 0.6) is 0 Å². The van der Waals surface area contributed by atoms with Gasteiger partial charge in [-0.15, -0.1) is 0 Å². The zero-order chi connectivity index (χ0) is 18.2. The standard InChI is InChI=1S/C22H30N2O2/c1-2-8-23-19(25)14-24-20(26)22-12-16-9-17(13-22)11-21(10-16,15-22)18-6-4-3-5-7-18/h3-7,16-17H,2,8-15H2,1H3,(H,23,25)(H,24,26). The fourth-order valence-electron chi connectivity index (χ4n) is 6.33. The first-order chi connectivity index (χ1) is 12.6. The van der Waals surface area contributed by atoms with Crippen molar-refractivity contribution in [3.63, 3.8) is 0 Å². The van der Waals surface area contributed by atoms with Crippen LogP contribution in [0.1, 0.15) is 57.4 Å². The lowest BCUT2D eigenvalue weighted by Gasteiger charge is -2.61. The summed E-state index contributed by atoms with van der Waals surface area (Å²) < 4.78 is 0. The van der Waals surface area contributed by atoms with Crippen LogP contribution in [0.25, 0.3) is 0 Å². The molecule has 1 aromatic rings. The molecule has 4 fully saturated rings. The summed E-state index contributed by atoms with van der Waals surface area (Å²) in [5.41, 5.74) is 1.30. The fraction of sp³-hybridized carbons (Fsp3) is 0.636. The number of nitrogens with one attached hydrogen (secondary N) is 2. The van der Waals surface area contributed by atoms with E-state index in [2.05, 4.69) is 41.0 Å². The lowest BCUT2D eigenvalue weighted by Crippen LogP contribution is -2.59. The number of carbonyl (C=O) groups is 2. The summed E-state index contributed by atoms with van der Waals surface area (Å²) >= 11 is 0.